The van der Waals surface area contributed by atoms with Crippen molar-refractivity contribution in [3.63, 3.8) is 0 Å². The molecular weight excluding hydrogens is 264 g/mol. The third-order valence-electron chi connectivity index (χ3n) is 2.56. The zero-order valence-electron chi connectivity index (χ0n) is 10.7. The highest BCUT2D eigenvalue weighted by atomic mass is 32.2. The van der Waals surface area contributed by atoms with E-state index < -0.39 is 5.97 Å². The minimum atomic E-state index is -0.926. The fraction of sp³-hybridized carbons (Fsp3) is 0.231. The van der Waals surface area contributed by atoms with Gasteiger partial charge in [0.1, 0.15) is 6.54 Å². The Bertz CT molecular complexity index is 581. The van der Waals surface area contributed by atoms with Crippen LogP contribution in [0.25, 0.3) is 0 Å². The van der Waals surface area contributed by atoms with Crippen LogP contribution in [0.5, 0.6) is 5.88 Å². The molecule has 19 heavy (non-hydrogen) atoms. The van der Waals surface area contributed by atoms with Gasteiger partial charge in [0.2, 0.25) is 5.88 Å². The Kier molecular flexibility index (Phi) is 4.11. The number of aliphatic carboxylic acids is 1. The van der Waals surface area contributed by atoms with E-state index in [0.717, 1.165) is 15.5 Å². The molecule has 1 aromatic heterocycles. The lowest BCUT2D eigenvalue weighted by atomic mass is 10.4. The molecule has 0 radical (unpaired) electrons. The molecule has 0 amide bonds. The summed E-state index contributed by atoms with van der Waals surface area (Å²) < 4.78 is 6.65. The maximum Gasteiger partial charge on any atom is 0.325 e. The summed E-state index contributed by atoms with van der Waals surface area (Å²) in [6.45, 7) is 1.67. The Morgan fingerprint density at radius 3 is 2.68 bits per heavy atom. The normalized spacial score (nSPS) is 10.4. The molecule has 0 unspecified atom stereocenters. The molecule has 1 heterocycles. The number of carboxylic acid groups (broad SMARTS) is 1. The maximum atomic E-state index is 10.8. The van der Waals surface area contributed by atoms with Crippen LogP contribution in [0.1, 0.15) is 5.69 Å². The summed E-state index contributed by atoms with van der Waals surface area (Å²) in [5.74, 6) is -0.475. The topological polar surface area (TPSA) is 64.4 Å². The minimum Gasteiger partial charge on any atom is -0.480 e. The molecule has 0 spiro atoms. The molecule has 0 aliphatic rings. The number of aromatic nitrogens is 2. The summed E-state index contributed by atoms with van der Waals surface area (Å²) in [5, 5.41) is 13.0. The summed E-state index contributed by atoms with van der Waals surface area (Å²) >= 11 is 1.51. The van der Waals surface area contributed by atoms with Crippen molar-refractivity contribution in [3.05, 3.63) is 36.0 Å². The number of ether oxygens (including phenoxy) is 1. The molecule has 5 nitrogen and oxygen atoms in total. The highest BCUT2D eigenvalue weighted by Crippen LogP contribution is 2.36. The molecule has 0 bridgehead atoms. The molecule has 0 aliphatic heterocycles. The molecule has 1 N–H and O–H groups in total. The fourth-order valence-electron chi connectivity index (χ4n) is 1.64. The Hall–Kier alpha value is -1.95. The van der Waals surface area contributed by atoms with Gasteiger partial charge in [-0.1, -0.05) is 30.0 Å². The van der Waals surface area contributed by atoms with E-state index in [1.165, 1.54) is 23.6 Å². The quantitative estimate of drug-likeness (QED) is 0.910. The first-order valence-corrected chi connectivity index (χ1v) is 6.49. The zero-order chi connectivity index (χ0) is 13.8. The first-order chi connectivity index (χ1) is 9.11. The SMILES string of the molecule is COc1nn(CC(=O)O)c(C)c1Sc1ccccc1. The van der Waals surface area contributed by atoms with E-state index in [1.807, 2.05) is 37.3 Å². The highest BCUT2D eigenvalue weighted by Gasteiger charge is 2.17. The monoisotopic (exact) mass is 278 g/mol. The van der Waals surface area contributed by atoms with Crippen LogP contribution >= 0.6 is 11.8 Å². The van der Waals surface area contributed by atoms with Crippen molar-refractivity contribution >= 4 is 17.7 Å². The third kappa shape index (κ3) is 3.08. The van der Waals surface area contributed by atoms with Crippen LogP contribution in [0.4, 0.5) is 0 Å². The number of hydrogen-bond acceptors (Lipinski definition) is 4. The van der Waals surface area contributed by atoms with Crippen molar-refractivity contribution in [3.8, 4) is 5.88 Å². The lowest BCUT2D eigenvalue weighted by Gasteiger charge is -2.03. The summed E-state index contributed by atoms with van der Waals surface area (Å²) in [4.78, 5) is 12.7. The lowest BCUT2D eigenvalue weighted by Crippen LogP contribution is -2.11. The van der Waals surface area contributed by atoms with Gasteiger partial charge in [0.25, 0.3) is 0 Å². The molecule has 2 aromatic rings. The predicted molar refractivity (Wildman–Crippen MR) is 71.7 cm³/mol. The first-order valence-electron chi connectivity index (χ1n) is 5.68. The average molecular weight is 278 g/mol. The van der Waals surface area contributed by atoms with Gasteiger partial charge >= 0.3 is 5.97 Å². The standard InChI is InChI=1S/C13H14N2O3S/c1-9-12(19-10-6-4-3-5-7-10)13(18-2)14-15(9)8-11(16)17/h3-7H,8H2,1-2H3,(H,16,17). The van der Waals surface area contributed by atoms with Crippen LogP contribution < -0.4 is 4.74 Å². The largest absolute Gasteiger partial charge is 0.480 e. The van der Waals surface area contributed by atoms with Crippen molar-refractivity contribution in [1.29, 1.82) is 0 Å². The number of nitrogens with zero attached hydrogens (tertiary/aromatic N) is 2. The van der Waals surface area contributed by atoms with Gasteiger partial charge in [-0.15, -0.1) is 5.10 Å². The van der Waals surface area contributed by atoms with Crippen molar-refractivity contribution in [2.45, 2.75) is 23.3 Å². The lowest BCUT2D eigenvalue weighted by molar-refractivity contribution is -0.137. The Labute approximate surface area is 115 Å². The minimum absolute atomic E-state index is 0.169. The van der Waals surface area contributed by atoms with Gasteiger partial charge in [0, 0.05) is 4.90 Å². The van der Waals surface area contributed by atoms with Crippen LogP contribution in [0.15, 0.2) is 40.1 Å². The number of methoxy groups -OCH3 is 1. The molecule has 0 saturated carbocycles. The zero-order valence-corrected chi connectivity index (χ0v) is 11.5. The second kappa shape index (κ2) is 5.79. The van der Waals surface area contributed by atoms with E-state index in [2.05, 4.69) is 5.10 Å². The van der Waals surface area contributed by atoms with Crippen molar-refractivity contribution in [2.24, 2.45) is 0 Å². The summed E-state index contributed by atoms with van der Waals surface area (Å²) in [6, 6.07) is 9.82. The van der Waals surface area contributed by atoms with E-state index >= 15 is 0 Å². The maximum absolute atomic E-state index is 10.8. The van der Waals surface area contributed by atoms with Crippen molar-refractivity contribution < 1.29 is 14.6 Å². The number of carboxylic acids is 1. The molecule has 100 valence electrons. The average Bonchev–Trinajstić information content (AvgIpc) is 2.68. The van der Waals surface area contributed by atoms with Gasteiger partial charge in [-0.2, -0.15) is 0 Å². The Balaban J connectivity index is 2.33. The number of carbonyl (C=O) groups is 1. The molecule has 0 saturated heterocycles. The molecule has 1 aromatic carbocycles. The van der Waals surface area contributed by atoms with Crippen LogP contribution in [0.2, 0.25) is 0 Å². The van der Waals surface area contributed by atoms with Crippen LogP contribution in [-0.2, 0) is 11.3 Å². The summed E-state index contributed by atoms with van der Waals surface area (Å²) in [5.41, 5.74) is 0.785. The van der Waals surface area contributed by atoms with Gasteiger partial charge in [0.15, 0.2) is 0 Å². The van der Waals surface area contributed by atoms with E-state index in [0.29, 0.717) is 5.88 Å². The smallest absolute Gasteiger partial charge is 0.325 e. The highest BCUT2D eigenvalue weighted by molar-refractivity contribution is 7.99. The van der Waals surface area contributed by atoms with Gasteiger partial charge in [-0.3, -0.25) is 9.48 Å². The number of rotatable bonds is 5. The van der Waals surface area contributed by atoms with E-state index in [-0.39, 0.29) is 6.54 Å². The number of hydrogen-bond donors (Lipinski definition) is 1. The van der Waals surface area contributed by atoms with Crippen LogP contribution in [0, 0.1) is 6.92 Å². The molecule has 0 aliphatic carbocycles. The number of benzene rings is 1. The van der Waals surface area contributed by atoms with Crippen LogP contribution in [-0.4, -0.2) is 28.0 Å². The van der Waals surface area contributed by atoms with Gasteiger partial charge in [-0.05, 0) is 19.1 Å². The Morgan fingerprint density at radius 1 is 1.42 bits per heavy atom. The molecular formula is C13H14N2O3S. The molecule has 6 heteroatoms. The first kappa shape index (κ1) is 13.5. The van der Waals surface area contributed by atoms with E-state index in [4.69, 9.17) is 9.84 Å². The molecule has 0 atom stereocenters. The molecule has 2 rings (SSSR count). The van der Waals surface area contributed by atoms with Crippen LogP contribution in [0.3, 0.4) is 0 Å². The van der Waals surface area contributed by atoms with Crippen molar-refractivity contribution in [1.82, 2.24) is 9.78 Å². The molecule has 0 fully saturated rings. The van der Waals surface area contributed by atoms with Gasteiger partial charge < -0.3 is 9.84 Å². The van der Waals surface area contributed by atoms with Crippen molar-refractivity contribution in [2.75, 3.05) is 7.11 Å². The van der Waals surface area contributed by atoms with E-state index in [1.54, 1.807) is 0 Å². The fourth-order valence-corrected chi connectivity index (χ4v) is 2.63. The summed E-state index contributed by atoms with van der Waals surface area (Å²) in [6.07, 6.45) is 0. The second-order valence-corrected chi connectivity index (χ2v) is 4.97. The van der Waals surface area contributed by atoms with Gasteiger partial charge in [0.05, 0.1) is 17.7 Å². The van der Waals surface area contributed by atoms with E-state index in [9.17, 15) is 4.79 Å². The Morgan fingerprint density at radius 2 is 2.11 bits per heavy atom. The van der Waals surface area contributed by atoms with Gasteiger partial charge in [-0.25, -0.2) is 0 Å². The predicted octanol–water partition coefficient (Wildman–Crippen LogP) is 2.44. The third-order valence-corrected chi connectivity index (χ3v) is 3.75. The summed E-state index contributed by atoms with van der Waals surface area (Å²) in [7, 11) is 1.53. The second-order valence-electron chi connectivity index (χ2n) is 3.89.